The van der Waals surface area contributed by atoms with Gasteiger partial charge in [-0.05, 0) is 30.3 Å². The third kappa shape index (κ3) is 1.69. The van der Waals surface area contributed by atoms with Crippen molar-refractivity contribution in [3.63, 3.8) is 0 Å². The van der Waals surface area contributed by atoms with Crippen LogP contribution in [0.1, 0.15) is 5.56 Å². The quantitative estimate of drug-likeness (QED) is 0.534. The molecule has 2 aromatic carbocycles. The Balaban J connectivity index is 2.34. The molecule has 0 bridgehead atoms. The SMILES string of the molecule is FC(F)(F)c1ccc2c(c1)sc1cc[c]cc12. The van der Waals surface area contributed by atoms with Crippen LogP contribution in [0.25, 0.3) is 20.2 Å². The van der Waals surface area contributed by atoms with Gasteiger partial charge in [-0.3, -0.25) is 0 Å². The Morgan fingerprint density at radius 3 is 2.59 bits per heavy atom. The molecule has 0 saturated heterocycles. The van der Waals surface area contributed by atoms with Gasteiger partial charge in [0.2, 0.25) is 0 Å². The van der Waals surface area contributed by atoms with Crippen molar-refractivity contribution in [2.45, 2.75) is 6.18 Å². The molecular formula is C13H6F3S. The number of hydrogen-bond acceptors (Lipinski definition) is 1. The number of halogens is 3. The van der Waals surface area contributed by atoms with Crippen molar-refractivity contribution in [3.8, 4) is 0 Å². The maximum Gasteiger partial charge on any atom is 0.416 e. The van der Waals surface area contributed by atoms with E-state index in [1.165, 1.54) is 23.5 Å². The van der Waals surface area contributed by atoms with E-state index in [4.69, 9.17) is 0 Å². The molecule has 1 heterocycles. The third-order valence-electron chi connectivity index (χ3n) is 2.64. The molecule has 0 fully saturated rings. The summed E-state index contributed by atoms with van der Waals surface area (Å²) in [5.74, 6) is 0. The fourth-order valence-electron chi connectivity index (χ4n) is 1.84. The second kappa shape index (κ2) is 3.47. The highest BCUT2D eigenvalue weighted by atomic mass is 32.1. The molecule has 0 aliphatic rings. The summed E-state index contributed by atoms with van der Waals surface area (Å²) in [5.41, 5.74) is -0.597. The normalized spacial score (nSPS) is 12.4. The summed E-state index contributed by atoms with van der Waals surface area (Å²) in [6.07, 6.45) is -4.28. The molecular weight excluding hydrogens is 245 g/mol. The first-order chi connectivity index (χ1) is 8.05. The molecule has 3 rings (SSSR count). The molecule has 4 heteroatoms. The average molecular weight is 251 g/mol. The summed E-state index contributed by atoms with van der Waals surface area (Å²) in [7, 11) is 0. The molecule has 0 nitrogen and oxygen atoms in total. The number of rotatable bonds is 0. The standard InChI is InChI=1S/C13H6F3S/c14-13(15,16)8-5-6-10-9-3-1-2-4-11(9)17-12(10)7-8/h2-7H. The van der Waals surface area contributed by atoms with Crippen molar-refractivity contribution in [2.75, 3.05) is 0 Å². The van der Waals surface area contributed by atoms with Gasteiger partial charge in [0.15, 0.2) is 0 Å². The molecule has 0 spiro atoms. The topological polar surface area (TPSA) is 0 Å². The first-order valence-electron chi connectivity index (χ1n) is 4.95. The zero-order chi connectivity index (χ0) is 12.0. The largest absolute Gasteiger partial charge is 0.416 e. The van der Waals surface area contributed by atoms with Gasteiger partial charge in [0, 0.05) is 20.2 Å². The van der Waals surface area contributed by atoms with E-state index >= 15 is 0 Å². The van der Waals surface area contributed by atoms with Crippen molar-refractivity contribution in [3.05, 3.63) is 48.0 Å². The van der Waals surface area contributed by atoms with Gasteiger partial charge < -0.3 is 0 Å². The van der Waals surface area contributed by atoms with Gasteiger partial charge in [-0.25, -0.2) is 0 Å². The van der Waals surface area contributed by atoms with Crippen LogP contribution in [0.5, 0.6) is 0 Å². The van der Waals surface area contributed by atoms with Gasteiger partial charge >= 0.3 is 6.18 Å². The van der Waals surface area contributed by atoms with Crippen LogP contribution in [0.4, 0.5) is 13.2 Å². The molecule has 0 amide bonds. The first-order valence-corrected chi connectivity index (χ1v) is 5.77. The second-order valence-corrected chi connectivity index (χ2v) is 4.82. The Morgan fingerprint density at radius 2 is 1.82 bits per heavy atom. The summed E-state index contributed by atoms with van der Waals surface area (Å²) < 4.78 is 39.4. The van der Waals surface area contributed by atoms with Crippen molar-refractivity contribution in [1.29, 1.82) is 0 Å². The van der Waals surface area contributed by atoms with Gasteiger partial charge in [0.1, 0.15) is 0 Å². The van der Waals surface area contributed by atoms with Gasteiger partial charge in [-0.2, -0.15) is 13.2 Å². The van der Waals surface area contributed by atoms with Gasteiger partial charge in [-0.15, -0.1) is 11.3 Å². The highest BCUT2D eigenvalue weighted by Gasteiger charge is 2.30. The molecule has 17 heavy (non-hydrogen) atoms. The molecule has 0 saturated carbocycles. The maximum absolute atomic E-state index is 12.6. The van der Waals surface area contributed by atoms with Crippen LogP contribution < -0.4 is 0 Å². The van der Waals surface area contributed by atoms with E-state index in [1.54, 1.807) is 12.1 Å². The molecule has 0 atom stereocenters. The van der Waals surface area contributed by atoms with E-state index in [0.717, 1.165) is 21.5 Å². The van der Waals surface area contributed by atoms with Crippen LogP contribution in [0.15, 0.2) is 36.4 Å². The predicted octanol–water partition coefficient (Wildman–Crippen LogP) is 4.87. The predicted molar refractivity (Wildman–Crippen MR) is 63.2 cm³/mol. The van der Waals surface area contributed by atoms with Crippen molar-refractivity contribution >= 4 is 31.5 Å². The fraction of sp³-hybridized carbons (Fsp3) is 0.0769. The van der Waals surface area contributed by atoms with Crippen molar-refractivity contribution in [2.24, 2.45) is 0 Å². The zero-order valence-electron chi connectivity index (χ0n) is 8.51. The van der Waals surface area contributed by atoms with Crippen LogP contribution in [-0.2, 0) is 6.18 Å². The minimum absolute atomic E-state index is 0.597. The Kier molecular flexibility index (Phi) is 2.16. The summed E-state index contributed by atoms with van der Waals surface area (Å²) in [6, 6.07) is 12.3. The van der Waals surface area contributed by atoms with E-state index < -0.39 is 11.7 Å². The lowest BCUT2D eigenvalue weighted by atomic mass is 10.1. The highest BCUT2D eigenvalue weighted by molar-refractivity contribution is 7.25. The Morgan fingerprint density at radius 1 is 1.00 bits per heavy atom. The summed E-state index contributed by atoms with van der Waals surface area (Å²) >= 11 is 1.37. The molecule has 0 aliphatic heterocycles. The number of hydrogen-bond donors (Lipinski definition) is 0. The van der Waals surface area contributed by atoms with Crippen LogP contribution in [0.2, 0.25) is 0 Å². The monoisotopic (exact) mass is 251 g/mol. The number of fused-ring (bicyclic) bond motifs is 3. The first kappa shape index (κ1) is 10.6. The molecule has 85 valence electrons. The number of benzene rings is 2. The molecule has 0 aliphatic carbocycles. The van der Waals surface area contributed by atoms with Crippen molar-refractivity contribution in [1.82, 2.24) is 0 Å². The lowest BCUT2D eigenvalue weighted by Crippen LogP contribution is -2.03. The number of alkyl halides is 3. The maximum atomic E-state index is 12.6. The Labute approximate surface area is 99.3 Å². The zero-order valence-corrected chi connectivity index (χ0v) is 9.32. The van der Waals surface area contributed by atoms with Crippen LogP contribution in [0, 0.1) is 6.07 Å². The molecule has 1 radical (unpaired) electrons. The Bertz CT molecular complexity index is 695. The second-order valence-electron chi connectivity index (χ2n) is 3.73. The van der Waals surface area contributed by atoms with E-state index in [0.29, 0.717) is 4.70 Å². The molecule has 0 N–H and O–H groups in total. The highest BCUT2D eigenvalue weighted by Crippen LogP contribution is 2.37. The van der Waals surface area contributed by atoms with Crippen LogP contribution in [-0.4, -0.2) is 0 Å². The van der Waals surface area contributed by atoms with E-state index in [-0.39, 0.29) is 0 Å². The van der Waals surface area contributed by atoms with E-state index in [2.05, 4.69) is 6.07 Å². The lowest BCUT2D eigenvalue weighted by molar-refractivity contribution is -0.137. The van der Waals surface area contributed by atoms with Crippen molar-refractivity contribution < 1.29 is 13.2 Å². The fourth-order valence-corrected chi connectivity index (χ4v) is 2.97. The summed E-state index contributed by atoms with van der Waals surface area (Å²) in [5, 5.41) is 1.82. The number of thiophene rings is 1. The molecule has 1 aromatic heterocycles. The summed E-state index contributed by atoms with van der Waals surface area (Å²) in [4.78, 5) is 0. The smallest absolute Gasteiger partial charge is 0.166 e. The lowest BCUT2D eigenvalue weighted by Gasteiger charge is -2.05. The van der Waals surface area contributed by atoms with E-state index in [9.17, 15) is 13.2 Å². The molecule has 3 aromatic rings. The van der Waals surface area contributed by atoms with Gasteiger partial charge in [0.05, 0.1) is 5.56 Å². The minimum Gasteiger partial charge on any atom is -0.166 e. The van der Waals surface area contributed by atoms with Gasteiger partial charge in [0.25, 0.3) is 0 Å². The average Bonchev–Trinajstić information content (AvgIpc) is 2.65. The molecule has 0 unspecified atom stereocenters. The van der Waals surface area contributed by atoms with Crippen LogP contribution in [0.3, 0.4) is 0 Å². The summed E-state index contributed by atoms with van der Waals surface area (Å²) in [6.45, 7) is 0. The minimum atomic E-state index is -4.28. The van der Waals surface area contributed by atoms with E-state index in [1.807, 2.05) is 6.07 Å². The van der Waals surface area contributed by atoms with Crippen LogP contribution >= 0.6 is 11.3 Å². The van der Waals surface area contributed by atoms with Gasteiger partial charge in [-0.1, -0.05) is 12.1 Å². The third-order valence-corrected chi connectivity index (χ3v) is 3.78. The Hall–Kier alpha value is -1.55.